The summed E-state index contributed by atoms with van der Waals surface area (Å²) in [5.74, 6) is -0.510. The van der Waals surface area contributed by atoms with Crippen LogP contribution in [0.2, 0.25) is 0 Å². The third-order valence-corrected chi connectivity index (χ3v) is 2.51. The summed E-state index contributed by atoms with van der Waals surface area (Å²) in [6.45, 7) is 2.70. The molecular weight excluding hydrogens is 221 g/mol. The zero-order valence-electron chi connectivity index (χ0n) is 9.55. The largest absolute Gasteiger partial charge is 0.380 e. The maximum absolute atomic E-state index is 13.5. The Morgan fingerprint density at radius 1 is 1.41 bits per heavy atom. The van der Waals surface area contributed by atoms with Crippen molar-refractivity contribution in [3.63, 3.8) is 0 Å². The lowest BCUT2D eigenvalue weighted by Gasteiger charge is -2.12. The first-order valence-corrected chi connectivity index (χ1v) is 5.54. The molecule has 17 heavy (non-hydrogen) atoms. The van der Waals surface area contributed by atoms with E-state index in [0.717, 1.165) is 6.42 Å². The Labute approximate surface area is 98.7 Å². The van der Waals surface area contributed by atoms with E-state index in [1.54, 1.807) is 16.9 Å². The number of hydrogen-bond acceptors (Lipinski definition) is 3. The molecule has 1 atom stereocenters. The lowest BCUT2D eigenvalue weighted by molar-refractivity contribution is 0.197. The molecule has 5 heteroatoms. The van der Waals surface area contributed by atoms with E-state index in [1.807, 2.05) is 6.92 Å². The normalized spacial score (nSPS) is 12.6. The van der Waals surface area contributed by atoms with Crippen LogP contribution in [0.4, 0.5) is 4.39 Å². The third-order valence-electron chi connectivity index (χ3n) is 2.51. The molecule has 0 saturated carbocycles. The summed E-state index contributed by atoms with van der Waals surface area (Å²) < 4.78 is 15.2. The van der Waals surface area contributed by atoms with Gasteiger partial charge >= 0.3 is 0 Å². The number of aliphatic hydroxyl groups is 1. The molecule has 0 bridgehead atoms. The average Bonchev–Trinajstić information content (AvgIpc) is 2.78. The molecular formula is C12H14FN3O. The van der Waals surface area contributed by atoms with E-state index in [2.05, 4.69) is 10.1 Å². The van der Waals surface area contributed by atoms with E-state index in [-0.39, 0.29) is 5.69 Å². The lowest BCUT2D eigenvalue weighted by Crippen LogP contribution is -2.12. The molecule has 0 aliphatic carbocycles. The first-order valence-electron chi connectivity index (χ1n) is 5.54. The molecule has 4 nitrogen and oxygen atoms in total. The predicted octanol–water partition coefficient (Wildman–Crippen LogP) is 1.91. The number of nitrogens with zero attached hydrogens (tertiary/aromatic N) is 3. The Hall–Kier alpha value is -1.75. The first kappa shape index (κ1) is 11.7. The standard InChI is InChI=1S/C12H14FN3O/c1-2-8-16-10(5-7-15-16)12(17)11-9(13)4-3-6-14-11/h3-7,12,17H,2,8H2,1H3. The van der Waals surface area contributed by atoms with Gasteiger partial charge in [0, 0.05) is 18.9 Å². The molecule has 1 N–H and O–H groups in total. The van der Waals surface area contributed by atoms with E-state index in [1.165, 1.54) is 18.3 Å². The number of rotatable bonds is 4. The van der Waals surface area contributed by atoms with Crippen LogP contribution in [-0.4, -0.2) is 19.9 Å². The van der Waals surface area contributed by atoms with Gasteiger partial charge in [-0.1, -0.05) is 6.92 Å². The summed E-state index contributed by atoms with van der Waals surface area (Å²) in [5, 5.41) is 14.2. The molecule has 0 fully saturated rings. The van der Waals surface area contributed by atoms with Gasteiger partial charge in [0.25, 0.3) is 0 Å². The molecule has 0 aliphatic heterocycles. The van der Waals surface area contributed by atoms with Crippen molar-refractivity contribution in [2.45, 2.75) is 26.0 Å². The lowest BCUT2D eigenvalue weighted by atomic mass is 10.1. The van der Waals surface area contributed by atoms with E-state index >= 15 is 0 Å². The van der Waals surface area contributed by atoms with E-state index in [9.17, 15) is 9.50 Å². The van der Waals surface area contributed by atoms with E-state index in [0.29, 0.717) is 12.2 Å². The molecule has 90 valence electrons. The van der Waals surface area contributed by atoms with Crippen LogP contribution < -0.4 is 0 Å². The summed E-state index contributed by atoms with van der Waals surface area (Å²) >= 11 is 0. The molecule has 2 heterocycles. The van der Waals surface area contributed by atoms with E-state index in [4.69, 9.17) is 0 Å². The maximum Gasteiger partial charge on any atom is 0.147 e. The predicted molar refractivity (Wildman–Crippen MR) is 60.8 cm³/mol. The van der Waals surface area contributed by atoms with Crippen molar-refractivity contribution in [2.24, 2.45) is 0 Å². The maximum atomic E-state index is 13.5. The summed E-state index contributed by atoms with van der Waals surface area (Å²) in [7, 11) is 0. The monoisotopic (exact) mass is 235 g/mol. The number of halogens is 1. The third kappa shape index (κ3) is 2.34. The van der Waals surface area contributed by atoms with Crippen LogP contribution >= 0.6 is 0 Å². The number of aromatic nitrogens is 3. The Morgan fingerprint density at radius 2 is 2.24 bits per heavy atom. The van der Waals surface area contributed by atoms with Crippen LogP contribution in [0, 0.1) is 5.82 Å². The van der Waals surface area contributed by atoms with Gasteiger partial charge in [-0.2, -0.15) is 5.10 Å². The van der Waals surface area contributed by atoms with Gasteiger partial charge in [-0.3, -0.25) is 9.67 Å². The van der Waals surface area contributed by atoms with Gasteiger partial charge in [-0.05, 0) is 24.6 Å². The van der Waals surface area contributed by atoms with Crippen LogP contribution in [-0.2, 0) is 6.54 Å². The van der Waals surface area contributed by atoms with Gasteiger partial charge in [0.2, 0.25) is 0 Å². The fraction of sp³-hybridized carbons (Fsp3) is 0.333. The summed E-state index contributed by atoms with van der Waals surface area (Å²) in [6.07, 6.45) is 2.87. The van der Waals surface area contributed by atoms with Crippen molar-refractivity contribution < 1.29 is 9.50 Å². The Morgan fingerprint density at radius 3 is 2.94 bits per heavy atom. The van der Waals surface area contributed by atoms with Crippen LogP contribution in [0.3, 0.4) is 0 Å². The van der Waals surface area contributed by atoms with Crippen molar-refractivity contribution in [3.05, 3.63) is 47.8 Å². The van der Waals surface area contributed by atoms with Gasteiger partial charge in [-0.25, -0.2) is 4.39 Å². The average molecular weight is 235 g/mol. The van der Waals surface area contributed by atoms with Crippen molar-refractivity contribution in [1.29, 1.82) is 0 Å². The van der Waals surface area contributed by atoms with Crippen LogP contribution in [0.25, 0.3) is 0 Å². The number of pyridine rings is 1. The molecule has 0 radical (unpaired) electrons. The zero-order chi connectivity index (χ0) is 12.3. The molecule has 2 rings (SSSR count). The quantitative estimate of drug-likeness (QED) is 0.880. The fourth-order valence-electron chi connectivity index (χ4n) is 1.71. The molecule has 0 aromatic carbocycles. The van der Waals surface area contributed by atoms with Crippen LogP contribution in [0.15, 0.2) is 30.6 Å². The minimum absolute atomic E-state index is 0.0327. The van der Waals surface area contributed by atoms with Gasteiger partial charge in [0.1, 0.15) is 17.6 Å². The fourth-order valence-corrected chi connectivity index (χ4v) is 1.71. The summed E-state index contributed by atoms with van der Waals surface area (Å²) in [5.41, 5.74) is 0.592. The van der Waals surface area contributed by atoms with Crippen molar-refractivity contribution >= 4 is 0 Å². The second-order valence-corrected chi connectivity index (χ2v) is 3.75. The number of aliphatic hydroxyl groups excluding tert-OH is 1. The smallest absolute Gasteiger partial charge is 0.147 e. The highest BCUT2D eigenvalue weighted by atomic mass is 19.1. The Bertz CT molecular complexity index is 498. The summed E-state index contributed by atoms with van der Waals surface area (Å²) in [4.78, 5) is 3.87. The van der Waals surface area contributed by atoms with Gasteiger partial charge in [-0.15, -0.1) is 0 Å². The van der Waals surface area contributed by atoms with Gasteiger partial charge in [0.15, 0.2) is 0 Å². The molecule has 0 spiro atoms. The van der Waals surface area contributed by atoms with Crippen molar-refractivity contribution in [1.82, 2.24) is 14.8 Å². The first-order chi connectivity index (χ1) is 8.24. The highest BCUT2D eigenvalue weighted by molar-refractivity contribution is 5.20. The SMILES string of the molecule is CCCn1nccc1C(O)c1ncccc1F. The number of hydrogen-bond donors (Lipinski definition) is 1. The van der Waals surface area contributed by atoms with Gasteiger partial charge in [0.05, 0.1) is 5.69 Å². The molecule has 1 unspecified atom stereocenters. The molecule has 0 saturated heterocycles. The highest BCUT2D eigenvalue weighted by Gasteiger charge is 2.19. The minimum atomic E-state index is -1.08. The molecule has 0 amide bonds. The Balaban J connectivity index is 2.34. The second-order valence-electron chi connectivity index (χ2n) is 3.75. The molecule has 0 aliphatic rings. The molecule has 2 aromatic heterocycles. The van der Waals surface area contributed by atoms with Crippen LogP contribution in [0.5, 0.6) is 0 Å². The van der Waals surface area contributed by atoms with Crippen LogP contribution in [0.1, 0.15) is 30.8 Å². The second kappa shape index (κ2) is 5.05. The minimum Gasteiger partial charge on any atom is -0.380 e. The van der Waals surface area contributed by atoms with Crippen molar-refractivity contribution in [2.75, 3.05) is 0 Å². The molecule has 2 aromatic rings. The van der Waals surface area contributed by atoms with Gasteiger partial charge < -0.3 is 5.11 Å². The Kier molecular flexibility index (Phi) is 3.49. The zero-order valence-corrected chi connectivity index (χ0v) is 9.55. The topological polar surface area (TPSA) is 50.9 Å². The van der Waals surface area contributed by atoms with E-state index < -0.39 is 11.9 Å². The number of aryl methyl sites for hydroxylation is 1. The highest BCUT2D eigenvalue weighted by Crippen LogP contribution is 2.21. The van der Waals surface area contributed by atoms with Crippen molar-refractivity contribution in [3.8, 4) is 0 Å². The summed E-state index contributed by atoms with van der Waals surface area (Å²) in [6, 6.07) is 4.45.